The van der Waals surface area contributed by atoms with Gasteiger partial charge < -0.3 is 14.5 Å². The molecule has 0 bridgehead atoms. The summed E-state index contributed by atoms with van der Waals surface area (Å²) in [6.45, 7) is 0. The number of nitro benzene ring substituents is 1. The number of fused-ring (bicyclic) bond motifs is 1. The van der Waals surface area contributed by atoms with Crippen molar-refractivity contribution in [3.8, 4) is 17.2 Å². The zero-order valence-corrected chi connectivity index (χ0v) is 18.7. The van der Waals surface area contributed by atoms with Crippen molar-refractivity contribution in [3.63, 3.8) is 0 Å². The van der Waals surface area contributed by atoms with E-state index in [1.807, 2.05) is 24.3 Å². The third-order valence-electron chi connectivity index (χ3n) is 4.73. The first-order chi connectivity index (χ1) is 16.4. The number of nitrogens with zero attached hydrogens (tertiary/aromatic N) is 2. The minimum Gasteiger partial charge on any atom is -0.497 e. The predicted molar refractivity (Wildman–Crippen MR) is 132 cm³/mol. The molecule has 10 heteroatoms. The minimum absolute atomic E-state index is 0.0573. The Bertz CT molecular complexity index is 1410. The number of ether oxygens (including phenoxy) is 1. The number of thiocarbonyl (C=S) groups is 1. The number of rotatable bonds is 6. The van der Waals surface area contributed by atoms with Gasteiger partial charge in [0.15, 0.2) is 10.7 Å². The number of hydrogen-bond donors (Lipinski definition) is 2. The average Bonchev–Trinajstić information content (AvgIpc) is 3.26. The first-order valence-corrected chi connectivity index (χ1v) is 10.4. The number of methoxy groups -OCH3 is 1. The zero-order chi connectivity index (χ0) is 24.1. The zero-order valence-electron chi connectivity index (χ0n) is 17.8. The Kier molecular flexibility index (Phi) is 6.60. The standard InChI is InChI=1S/C24H18N4O5S/c1-32-19-9-6-16(7-10-19)23-26-20-14-17(8-11-21(20)33-23)25-24(34)27-22(29)12-5-15-3-2-4-18(13-15)28(30)31/h2-14H,1H3,(H2,25,27,29,34). The Morgan fingerprint density at radius 3 is 2.68 bits per heavy atom. The number of oxazole rings is 1. The number of nitrogens with one attached hydrogen (secondary N) is 2. The summed E-state index contributed by atoms with van der Waals surface area (Å²) in [5.74, 6) is 0.729. The van der Waals surface area contributed by atoms with Gasteiger partial charge in [-0.25, -0.2) is 4.98 Å². The van der Waals surface area contributed by atoms with Crippen molar-refractivity contribution in [2.24, 2.45) is 0 Å². The smallest absolute Gasteiger partial charge is 0.270 e. The van der Waals surface area contributed by atoms with E-state index in [0.717, 1.165) is 11.3 Å². The lowest BCUT2D eigenvalue weighted by Gasteiger charge is -2.07. The molecule has 0 aliphatic carbocycles. The maximum atomic E-state index is 12.2. The van der Waals surface area contributed by atoms with Crippen molar-refractivity contribution in [3.05, 3.63) is 88.5 Å². The van der Waals surface area contributed by atoms with Crippen molar-refractivity contribution < 1.29 is 18.9 Å². The molecule has 0 spiro atoms. The molecule has 1 aromatic heterocycles. The number of anilines is 1. The van der Waals surface area contributed by atoms with Gasteiger partial charge in [0.25, 0.3) is 5.69 Å². The van der Waals surface area contributed by atoms with Crippen LogP contribution in [-0.2, 0) is 4.79 Å². The van der Waals surface area contributed by atoms with Crippen LogP contribution < -0.4 is 15.4 Å². The summed E-state index contributed by atoms with van der Waals surface area (Å²) < 4.78 is 11.0. The first kappa shape index (κ1) is 22.6. The van der Waals surface area contributed by atoms with Crippen LogP contribution in [0.3, 0.4) is 0 Å². The number of amides is 1. The fourth-order valence-electron chi connectivity index (χ4n) is 3.09. The second-order valence-electron chi connectivity index (χ2n) is 7.06. The van der Waals surface area contributed by atoms with Crippen molar-refractivity contribution in [1.82, 2.24) is 10.3 Å². The number of benzene rings is 3. The SMILES string of the molecule is COc1ccc(-c2nc3cc(NC(=S)NC(=O)C=Cc4cccc([N+](=O)[O-])c4)ccc3o2)cc1. The van der Waals surface area contributed by atoms with E-state index in [-0.39, 0.29) is 10.8 Å². The summed E-state index contributed by atoms with van der Waals surface area (Å²) in [4.78, 5) is 27.0. The van der Waals surface area contributed by atoms with Gasteiger partial charge in [-0.2, -0.15) is 0 Å². The molecule has 0 aliphatic rings. The van der Waals surface area contributed by atoms with E-state index in [0.29, 0.717) is 28.2 Å². The van der Waals surface area contributed by atoms with Gasteiger partial charge in [-0.15, -0.1) is 0 Å². The number of hydrogen-bond acceptors (Lipinski definition) is 7. The van der Waals surface area contributed by atoms with E-state index < -0.39 is 10.8 Å². The maximum absolute atomic E-state index is 12.2. The van der Waals surface area contributed by atoms with Crippen molar-refractivity contribution in [1.29, 1.82) is 0 Å². The van der Waals surface area contributed by atoms with Crippen LogP contribution in [0.2, 0.25) is 0 Å². The van der Waals surface area contributed by atoms with Gasteiger partial charge in [0, 0.05) is 29.5 Å². The van der Waals surface area contributed by atoms with E-state index in [2.05, 4.69) is 15.6 Å². The molecule has 9 nitrogen and oxygen atoms in total. The number of carbonyl (C=O) groups is 1. The third kappa shape index (κ3) is 5.43. The summed E-state index contributed by atoms with van der Waals surface area (Å²) in [5, 5.41) is 16.4. The summed E-state index contributed by atoms with van der Waals surface area (Å²) in [7, 11) is 1.60. The predicted octanol–water partition coefficient (Wildman–Crippen LogP) is 4.94. The Morgan fingerprint density at radius 1 is 1.15 bits per heavy atom. The molecule has 170 valence electrons. The second kappa shape index (κ2) is 9.92. The van der Waals surface area contributed by atoms with Crippen LogP contribution in [0.4, 0.5) is 11.4 Å². The topological polar surface area (TPSA) is 120 Å². The Labute approximate surface area is 199 Å². The molecule has 0 unspecified atom stereocenters. The highest BCUT2D eigenvalue weighted by Crippen LogP contribution is 2.27. The second-order valence-corrected chi connectivity index (χ2v) is 7.47. The molecule has 0 radical (unpaired) electrons. The molecule has 1 heterocycles. The molecular weight excluding hydrogens is 456 g/mol. The lowest BCUT2D eigenvalue weighted by Crippen LogP contribution is -2.32. The van der Waals surface area contributed by atoms with Gasteiger partial charge >= 0.3 is 0 Å². The van der Waals surface area contributed by atoms with Gasteiger partial charge in [-0.1, -0.05) is 12.1 Å². The summed E-state index contributed by atoms with van der Waals surface area (Å²) in [6.07, 6.45) is 2.71. The van der Waals surface area contributed by atoms with Gasteiger partial charge in [0.2, 0.25) is 11.8 Å². The monoisotopic (exact) mass is 474 g/mol. The van der Waals surface area contributed by atoms with Crippen LogP contribution in [0.5, 0.6) is 5.75 Å². The molecule has 0 aliphatic heterocycles. The average molecular weight is 474 g/mol. The Morgan fingerprint density at radius 2 is 1.94 bits per heavy atom. The lowest BCUT2D eigenvalue weighted by atomic mass is 10.2. The summed E-state index contributed by atoms with van der Waals surface area (Å²) >= 11 is 5.20. The van der Waals surface area contributed by atoms with Crippen LogP contribution in [0.25, 0.3) is 28.6 Å². The van der Waals surface area contributed by atoms with Crippen LogP contribution in [0, 0.1) is 10.1 Å². The van der Waals surface area contributed by atoms with Crippen LogP contribution in [0.15, 0.2) is 77.2 Å². The fourth-order valence-corrected chi connectivity index (χ4v) is 3.31. The molecule has 1 amide bonds. The number of aromatic nitrogens is 1. The molecule has 0 atom stereocenters. The molecule has 2 N–H and O–H groups in total. The highest BCUT2D eigenvalue weighted by atomic mass is 32.1. The first-order valence-electron chi connectivity index (χ1n) is 10.0. The lowest BCUT2D eigenvalue weighted by molar-refractivity contribution is -0.384. The molecule has 0 saturated heterocycles. The van der Waals surface area contributed by atoms with E-state index in [9.17, 15) is 14.9 Å². The molecular formula is C24H18N4O5S. The molecule has 0 fully saturated rings. The number of nitro groups is 1. The van der Waals surface area contributed by atoms with Crippen molar-refractivity contribution in [2.45, 2.75) is 0 Å². The number of carbonyl (C=O) groups excluding carboxylic acids is 1. The third-order valence-corrected chi connectivity index (χ3v) is 4.93. The Hall–Kier alpha value is -4.57. The van der Waals surface area contributed by atoms with Crippen LogP contribution >= 0.6 is 12.2 Å². The van der Waals surface area contributed by atoms with Gasteiger partial charge in [-0.05, 0) is 66.3 Å². The van der Waals surface area contributed by atoms with Crippen molar-refractivity contribution >= 4 is 51.8 Å². The molecule has 34 heavy (non-hydrogen) atoms. The quantitative estimate of drug-likeness (QED) is 0.175. The van der Waals surface area contributed by atoms with Gasteiger partial charge in [-0.3, -0.25) is 20.2 Å². The maximum Gasteiger partial charge on any atom is 0.270 e. The van der Waals surface area contributed by atoms with Gasteiger partial charge in [0.05, 0.1) is 12.0 Å². The number of non-ortho nitro benzene ring substituents is 1. The normalized spacial score (nSPS) is 10.9. The largest absolute Gasteiger partial charge is 0.497 e. The highest BCUT2D eigenvalue weighted by Gasteiger charge is 2.10. The van der Waals surface area contributed by atoms with E-state index in [1.54, 1.807) is 37.4 Å². The van der Waals surface area contributed by atoms with Crippen LogP contribution in [0.1, 0.15) is 5.56 Å². The fraction of sp³-hybridized carbons (Fsp3) is 0.0417. The van der Waals surface area contributed by atoms with Crippen LogP contribution in [-0.4, -0.2) is 28.0 Å². The highest BCUT2D eigenvalue weighted by molar-refractivity contribution is 7.80. The molecule has 0 saturated carbocycles. The van der Waals surface area contributed by atoms with E-state index >= 15 is 0 Å². The summed E-state index contributed by atoms with van der Waals surface area (Å²) in [5.41, 5.74) is 3.12. The van der Waals surface area contributed by atoms with Gasteiger partial charge in [0.1, 0.15) is 11.3 Å². The molecule has 4 rings (SSSR count). The van der Waals surface area contributed by atoms with Crippen molar-refractivity contribution in [2.75, 3.05) is 12.4 Å². The van der Waals surface area contributed by atoms with E-state index in [1.165, 1.54) is 24.3 Å². The molecule has 3 aromatic carbocycles. The van der Waals surface area contributed by atoms with E-state index in [4.69, 9.17) is 21.4 Å². The molecule has 4 aromatic rings. The summed E-state index contributed by atoms with van der Waals surface area (Å²) in [6, 6.07) is 18.6. The Balaban J connectivity index is 1.39. The minimum atomic E-state index is -0.498.